The van der Waals surface area contributed by atoms with Crippen molar-refractivity contribution in [3.63, 3.8) is 0 Å². The summed E-state index contributed by atoms with van der Waals surface area (Å²) in [6.07, 6.45) is 0. The zero-order valence-electron chi connectivity index (χ0n) is 8.79. The van der Waals surface area contributed by atoms with Crippen LogP contribution in [0, 0.1) is 11.6 Å². The molecule has 18 heavy (non-hydrogen) atoms. The van der Waals surface area contributed by atoms with Crippen molar-refractivity contribution in [3.05, 3.63) is 58.1 Å². The summed E-state index contributed by atoms with van der Waals surface area (Å²) < 4.78 is 27.0. The maximum atomic E-state index is 13.5. The number of rotatable bonds is 3. The van der Waals surface area contributed by atoms with Gasteiger partial charge >= 0.3 is 0 Å². The van der Waals surface area contributed by atoms with Crippen LogP contribution < -0.4 is 0 Å². The van der Waals surface area contributed by atoms with Crippen LogP contribution in [0.1, 0.15) is 0 Å². The monoisotopic (exact) mass is 322 g/mol. The average molecular weight is 323 g/mol. The van der Waals surface area contributed by atoms with Crippen LogP contribution in [0.15, 0.2) is 46.2 Å². The van der Waals surface area contributed by atoms with E-state index in [1.165, 1.54) is 12.1 Å². The Labute approximate surface area is 121 Å². The smallest absolute Gasteiger partial charge is 0.139 e. The highest BCUT2D eigenvalue weighted by Crippen LogP contribution is 2.40. The van der Waals surface area contributed by atoms with Crippen molar-refractivity contribution >= 4 is 44.8 Å². The molecule has 0 unspecified atom stereocenters. The van der Waals surface area contributed by atoms with Crippen LogP contribution in [-0.2, 0) is 0 Å². The van der Waals surface area contributed by atoms with E-state index >= 15 is 0 Å². The molecule has 0 radical (unpaired) electrons. The first-order chi connectivity index (χ1) is 8.56. The first kappa shape index (κ1) is 14.0. The van der Waals surface area contributed by atoms with Gasteiger partial charge in [-0.1, -0.05) is 23.2 Å². The molecule has 6 heteroatoms. The maximum absolute atomic E-state index is 13.5. The Morgan fingerprint density at radius 3 is 1.44 bits per heavy atom. The second-order valence-corrected chi connectivity index (χ2v) is 6.40. The van der Waals surface area contributed by atoms with Crippen LogP contribution in [0.2, 0.25) is 10.0 Å². The summed E-state index contributed by atoms with van der Waals surface area (Å²) in [5.74, 6) is -0.844. The van der Waals surface area contributed by atoms with Gasteiger partial charge < -0.3 is 0 Å². The van der Waals surface area contributed by atoms with Crippen molar-refractivity contribution in [2.24, 2.45) is 0 Å². The molecule has 0 atom stereocenters. The van der Waals surface area contributed by atoms with Gasteiger partial charge in [-0.05, 0) is 58.0 Å². The second kappa shape index (κ2) is 6.15. The van der Waals surface area contributed by atoms with Gasteiger partial charge in [0.1, 0.15) is 11.6 Å². The predicted molar refractivity (Wildman–Crippen MR) is 74.5 cm³/mol. The highest BCUT2D eigenvalue weighted by molar-refractivity contribution is 8.76. The van der Waals surface area contributed by atoms with Gasteiger partial charge in [-0.15, -0.1) is 0 Å². The van der Waals surface area contributed by atoms with Crippen LogP contribution in [0.5, 0.6) is 0 Å². The molecule has 0 nitrogen and oxygen atoms in total. The van der Waals surface area contributed by atoms with E-state index in [0.29, 0.717) is 19.8 Å². The molecule has 94 valence electrons. The van der Waals surface area contributed by atoms with E-state index in [1.807, 2.05) is 0 Å². The molecular weight excluding hydrogens is 317 g/mol. The van der Waals surface area contributed by atoms with Crippen molar-refractivity contribution < 1.29 is 8.78 Å². The quantitative estimate of drug-likeness (QED) is 0.629. The van der Waals surface area contributed by atoms with Gasteiger partial charge in [-0.2, -0.15) is 0 Å². The molecule has 0 N–H and O–H groups in total. The van der Waals surface area contributed by atoms with Gasteiger partial charge in [-0.3, -0.25) is 0 Å². The average Bonchev–Trinajstić information content (AvgIpc) is 2.30. The molecule has 0 aliphatic rings. The van der Waals surface area contributed by atoms with Crippen LogP contribution in [0.4, 0.5) is 8.78 Å². The van der Waals surface area contributed by atoms with Crippen molar-refractivity contribution in [1.29, 1.82) is 0 Å². The molecule has 0 aliphatic carbocycles. The van der Waals surface area contributed by atoms with Gasteiger partial charge in [0, 0.05) is 10.0 Å². The van der Waals surface area contributed by atoms with Gasteiger partial charge in [0.2, 0.25) is 0 Å². The predicted octanol–water partition coefficient (Wildman–Crippen LogP) is 6.07. The summed E-state index contributed by atoms with van der Waals surface area (Å²) in [5, 5.41) is 0.666. The van der Waals surface area contributed by atoms with Crippen LogP contribution in [0.25, 0.3) is 0 Å². The molecule has 0 saturated heterocycles. The summed E-state index contributed by atoms with van der Waals surface area (Å²) in [4.78, 5) is 0.803. The Bertz CT molecular complexity index is 524. The molecule has 0 spiro atoms. The van der Waals surface area contributed by atoms with Gasteiger partial charge in [0.25, 0.3) is 0 Å². The Morgan fingerprint density at radius 1 is 0.722 bits per heavy atom. The van der Waals surface area contributed by atoms with Gasteiger partial charge in [-0.25, -0.2) is 8.78 Å². The summed E-state index contributed by atoms with van der Waals surface area (Å²) in [7, 11) is 2.26. The Balaban J connectivity index is 2.11. The summed E-state index contributed by atoms with van der Waals surface area (Å²) >= 11 is 11.3. The molecule has 0 fully saturated rings. The zero-order chi connectivity index (χ0) is 13.1. The van der Waals surface area contributed by atoms with Crippen molar-refractivity contribution in [1.82, 2.24) is 0 Å². The van der Waals surface area contributed by atoms with E-state index in [2.05, 4.69) is 0 Å². The minimum Gasteiger partial charge on any atom is -0.206 e. The molecule has 0 heterocycles. The van der Waals surface area contributed by atoms with Crippen LogP contribution in [-0.4, -0.2) is 0 Å². The van der Waals surface area contributed by atoms with Gasteiger partial charge in [0.05, 0.1) is 9.79 Å². The highest BCUT2D eigenvalue weighted by Gasteiger charge is 2.08. The van der Waals surface area contributed by atoms with Crippen molar-refractivity contribution in [2.45, 2.75) is 9.79 Å². The Kier molecular flexibility index (Phi) is 4.78. The Morgan fingerprint density at radius 2 is 1.11 bits per heavy atom. The Hall–Kier alpha value is -0.420. The van der Waals surface area contributed by atoms with E-state index in [1.54, 1.807) is 24.3 Å². The number of hydrogen-bond acceptors (Lipinski definition) is 2. The fourth-order valence-electron chi connectivity index (χ4n) is 1.18. The largest absolute Gasteiger partial charge is 0.206 e. The number of halogens is 4. The van der Waals surface area contributed by atoms with Gasteiger partial charge in [0.15, 0.2) is 0 Å². The van der Waals surface area contributed by atoms with Crippen LogP contribution in [0.3, 0.4) is 0 Å². The molecule has 2 aromatic carbocycles. The number of benzene rings is 2. The van der Waals surface area contributed by atoms with Crippen molar-refractivity contribution in [2.75, 3.05) is 0 Å². The lowest BCUT2D eigenvalue weighted by molar-refractivity contribution is 0.601. The lowest BCUT2D eigenvalue weighted by Crippen LogP contribution is -1.81. The minimum absolute atomic E-state index is 0.333. The molecule has 0 saturated carbocycles. The van der Waals surface area contributed by atoms with E-state index < -0.39 is 11.6 Å². The number of hydrogen-bond donors (Lipinski definition) is 0. The first-order valence-corrected chi connectivity index (χ1v) is 7.71. The lowest BCUT2D eigenvalue weighted by atomic mass is 10.3. The van der Waals surface area contributed by atoms with E-state index in [4.69, 9.17) is 23.2 Å². The topological polar surface area (TPSA) is 0 Å². The fourth-order valence-corrected chi connectivity index (χ4v) is 3.55. The second-order valence-electron chi connectivity index (χ2n) is 3.32. The third-order valence-corrected chi connectivity index (χ3v) is 4.91. The highest BCUT2D eigenvalue weighted by atomic mass is 35.5. The molecule has 2 aromatic rings. The first-order valence-electron chi connectivity index (χ1n) is 4.81. The van der Waals surface area contributed by atoms with E-state index in [9.17, 15) is 8.78 Å². The third-order valence-electron chi connectivity index (χ3n) is 2.01. The summed E-state index contributed by atoms with van der Waals surface area (Å²) in [5.41, 5.74) is 0. The maximum Gasteiger partial charge on any atom is 0.139 e. The van der Waals surface area contributed by atoms with E-state index in [-0.39, 0.29) is 0 Å². The molecular formula is C12H6Cl2F2S2. The molecule has 0 aromatic heterocycles. The third kappa shape index (κ3) is 3.54. The van der Waals surface area contributed by atoms with E-state index in [0.717, 1.165) is 21.6 Å². The fraction of sp³-hybridized carbons (Fsp3) is 0. The molecule has 0 aliphatic heterocycles. The van der Waals surface area contributed by atoms with Crippen molar-refractivity contribution in [3.8, 4) is 0 Å². The normalized spacial score (nSPS) is 10.7. The molecule has 2 rings (SSSR count). The standard InChI is InChI=1S/C12H6Cl2F2S2/c13-7-1-3-11(9(15)5-7)17-18-12-4-2-8(14)6-10(12)16/h1-6H. The molecule has 0 bridgehead atoms. The summed E-state index contributed by atoms with van der Waals surface area (Å²) in [6.45, 7) is 0. The summed E-state index contributed by atoms with van der Waals surface area (Å²) in [6, 6.07) is 8.75. The SMILES string of the molecule is Fc1cc(Cl)ccc1SSc1ccc(Cl)cc1F. The minimum atomic E-state index is -0.422. The zero-order valence-corrected chi connectivity index (χ0v) is 11.9. The lowest BCUT2D eigenvalue weighted by Gasteiger charge is -2.04. The molecule has 0 amide bonds. The van der Waals surface area contributed by atoms with Crippen LogP contribution >= 0.6 is 44.8 Å².